The van der Waals surface area contributed by atoms with Crippen LogP contribution in [-0.4, -0.2) is 9.97 Å². The monoisotopic (exact) mass is 320 g/mol. The lowest BCUT2D eigenvalue weighted by molar-refractivity contribution is 0.424. The lowest BCUT2D eigenvalue weighted by atomic mass is 9.80. The van der Waals surface area contributed by atoms with Crippen LogP contribution in [-0.2, 0) is 10.8 Å². The second-order valence-corrected chi connectivity index (χ2v) is 8.63. The fraction of sp³-hybridized carbons (Fsp3) is 0.857. The number of H-pyrrole nitrogens is 1. The molecule has 0 aliphatic carbocycles. The predicted molar refractivity (Wildman–Crippen MR) is 102 cm³/mol. The van der Waals surface area contributed by atoms with Gasteiger partial charge in [-0.05, 0) is 25.2 Å². The van der Waals surface area contributed by atoms with Crippen molar-refractivity contribution in [3.63, 3.8) is 0 Å². The molecule has 0 aromatic carbocycles. The fourth-order valence-electron chi connectivity index (χ4n) is 3.46. The second kappa shape index (κ2) is 8.35. The standard InChI is InChI=1S/C21H40N2/c1-9-12-13-15-20(5,6)18-17(16(4)11-3)22-19(23-18)21(7,8)14-10-2/h16H,9-15H2,1-8H3,(H,22,23). The van der Waals surface area contributed by atoms with Gasteiger partial charge in [-0.3, -0.25) is 0 Å². The van der Waals surface area contributed by atoms with E-state index in [1.165, 1.54) is 55.7 Å². The summed E-state index contributed by atoms with van der Waals surface area (Å²) in [7, 11) is 0. The van der Waals surface area contributed by atoms with Crippen LogP contribution in [0.3, 0.4) is 0 Å². The first-order valence-corrected chi connectivity index (χ1v) is 9.80. The van der Waals surface area contributed by atoms with Gasteiger partial charge < -0.3 is 4.98 Å². The average Bonchev–Trinajstić information content (AvgIpc) is 2.93. The van der Waals surface area contributed by atoms with Crippen molar-refractivity contribution in [2.45, 2.75) is 117 Å². The van der Waals surface area contributed by atoms with Crippen LogP contribution in [0.2, 0.25) is 0 Å². The summed E-state index contributed by atoms with van der Waals surface area (Å²) in [5.41, 5.74) is 3.00. The maximum absolute atomic E-state index is 5.16. The lowest BCUT2D eigenvalue weighted by Gasteiger charge is -2.25. The highest BCUT2D eigenvalue weighted by atomic mass is 15.0. The number of hydrogen-bond acceptors (Lipinski definition) is 1. The van der Waals surface area contributed by atoms with Crippen LogP contribution in [0.4, 0.5) is 0 Å². The van der Waals surface area contributed by atoms with E-state index in [1.807, 2.05) is 0 Å². The number of unbranched alkanes of at least 4 members (excludes halogenated alkanes) is 2. The summed E-state index contributed by atoms with van der Waals surface area (Å²) in [6.45, 7) is 18.5. The summed E-state index contributed by atoms with van der Waals surface area (Å²) >= 11 is 0. The SMILES string of the molecule is CCCCCC(C)(C)c1nc(C(C)(C)CCC)[nH]c1C(C)CC. The molecular formula is C21H40N2. The highest BCUT2D eigenvalue weighted by Gasteiger charge is 2.32. The molecule has 0 radical (unpaired) electrons. The first kappa shape index (κ1) is 20.3. The van der Waals surface area contributed by atoms with Gasteiger partial charge in [0.2, 0.25) is 0 Å². The maximum Gasteiger partial charge on any atom is 0.112 e. The summed E-state index contributed by atoms with van der Waals surface area (Å²) < 4.78 is 0. The highest BCUT2D eigenvalue weighted by molar-refractivity contribution is 5.28. The second-order valence-electron chi connectivity index (χ2n) is 8.63. The molecule has 0 amide bonds. The molecule has 0 saturated heterocycles. The fourth-order valence-corrected chi connectivity index (χ4v) is 3.46. The molecule has 1 aromatic heterocycles. The van der Waals surface area contributed by atoms with Crippen LogP contribution in [0.1, 0.15) is 123 Å². The van der Waals surface area contributed by atoms with Crippen molar-refractivity contribution >= 4 is 0 Å². The third-order valence-electron chi connectivity index (χ3n) is 5.40. The van der Waals surface area contributed by atoms with Gasteiger partial charge >= 0.3 is 0 Å². The first-order chi connectivity index (χ1) is 10.7. The van der Waals surface area contributed by atoms with E-state index in [1.54, 1.807) is 0 Å². The molecule has 0 bridgehead atoms. The Hall–Kier alpha value is -0.790. The highest BCUT2D eigenvalue weighted by Crippen LogP contribution is 2.37. The van der Waals surface area contributed by atoms with E-state index < -0.39 is 0 Å². The molecule has 2 nitrogen and oxygen atoms in total. The third-order valence-corrected chi connectivity index (χ3v) is 5.40. The Labute approximate surface area is 144 Å². The molecule has 1 aromatic rings. The van der Waals surface area contributed by atoms with Crippen LogP contribution in [0, 0.1) is 0 Å². The Kier molecular flexibility index (Phi) is 7.35. The zero-order valence-corrected chi connectivity index (χ0v) is 17.0. The Morgan fingerprint density at radius 2 is 1.57 bits per heavy atom. The Bertz CT molecular complexity index is 468. The van der Waals surface area contributed by atoms with E-state index in [0.717, 1.165) is 6.42 Å². The molecule has 0 saturated carbocycles. The van der Waals surface area contributed by atoms with Gasteiger partial charge in [0, 0.05) is 16.5 Å². The quantitative estimate of drug-likeness (QED) is 0.469. The Morgan fingerprint density at radius 1 is 0.913 bits per heavy atom. The van der Waals surface area contributed by atoms with Crippen LogP contribution in [0.15, 0.2) is 0 Å². The van der Waals surface area contributed by atoms with Crippen LogP contribution >= 0.6 is 0 Å². The molecule has 1 N–H and O–H groups in total. The van der Waals surface area contributed by atoms with E-state index >= 15 is 0 Å². The van der Waals surface area contributed by atoms with E-state index in [-0.39, 0.29) is 10.8 Å². The van der Waals surface area contributed by atoms with Crippen molar-refractivity contribution in [3.05, 3.63) is 17.2 Å². The zero-order chi connectivity index (χ0) is 17.7. The number of nitrogens with one attached hydrogen (secondary N) is 1. The van der Waals surface area contributed by atoms with Crippen LogP contribution in [0.5, 0.6) is 0 Å². The largest absolute Gasteiger partial charge is 0.345 e. The number of aromatic nitrogens is 2. The summed E-state index contributed by atoms with van der Waals surface area (Å²) in [6.07, 6.45) is 8.66. The normalized spacial score (nSPS) is 14.3. The van der Waals surface area contributed by atoms with Gasteiger partial charge in [0.25, 0.3) is 0 Å². The van der Waals surface area contributed by atoms with Gasteiger partial charge in [-0.1, -0.05) is 81.1 Å². The van der Waals surface area contributed by atoms with Crippen molar-refractivity contribution in [3.8, 4) is 0 Å². The molecule has 1 rings (SSSR count). The minimum absolute atomic E-state index is 0.134. The summed E-state index contributed by atoms with van der Waals surface area (Å²) in [5, 5.41) is 0. The van der Waals surface area contributed by atoms with Crippen LogP contribution < -0.4 is 0 Å². The molecule has 0 aliphatic heterocycles. The summed E-state index contributed by atoms with van der Waals surface area (Å²) in [5.74, 6) is 1.74. The molecule has 134 valence electrons. The first-order valence-electron chi connectivity index (χ1n) is 9.80. The molecule has 1 atom stereocenters. The molecule has 23 heavy (non-hydrogen) atoms. The number of nitrogens with zero attached hydrogens (tertiary/aromatic N) is 1. The molecule has 1 unspecified atom stereocenters. The van der Waals surface area contributed by atoms with Gasteiger partial charge in [-0.25, -0.2) is 4.98 Å². The Morgan fingerprint density at radius 3 is 2.09 bits per heavy atom. The molecular weight excluding hydrogens is 280 g/mol. The van der Waals surface area contributed by atoms with Crippen molar-refractivity contribution in [1.29, 1.82) is 0 Å². The average molecular weight is 321 g/mol. The minimum atomic E-state index is 0.134. The van der Waals surface area contributed by atoms with Crippen LogP contribution in [0.25, 0.3) is 0 Å². The van der Waals surface area contributed by atoms with Gasteiger partial charge in [0.15, 0.2) is 0 Å². The summed E-state index contributed by atoms with van der Waals surface area (Å²) in [6, 6.07) is 0. The summed E-state index contributed by atoms with van der Waals surface area (Å²) in [4.78, 5) is 8.91. The minimum Gasteiger partial charge on any atom is -0.345 e. The maximum atomic E-state index is 5.16. The van der Waals surface area contributed by atoms with Crippen molar-refractivity contribution in [2.75, 3.05) is 0 Å². The number of hydrogen-bond donors (Lipinski definition) is 1. The van der Waals surface area contributed by atoms with E-state index in [2.05, 4.69) is 60.4 Å². The predicted octanol–water partition coefficient (Wildman–Crippen LogP) is 6.86. The number of aromatic amines is 1. The van der Waals surface area contributed by atoms with Gasteiger partial charge in [0.05, 0.1) is 5.69 Å². The molecule has 0 spiro atoms. The van der Waals surface area contributed by atoms with Gasteiger partial charge in [-0.2, -0.15) is 0 Å². The topological polar surface area (TPSA) is 28.7 Å². The molecule has 1 heterocycles. The van der Waals surface area contributed by atoms with E-state index in [4.69, 9.17) is 4.98 Å². The van der Waals surface area contributed by atoms with E-state index in [0.29, 0.717) is 5.92 Å². The molecule has 2 heteroatoms. The Balaban J connectivity index is 3.20. The van der Waals surface area contributed by atoms with Crippen molar-refractivity contribution < 1.29 is 0 Å². The lowest BCUT2D eigenvalue weighted by Crippen LogP contribution is -2.21. The number of imidazole rings is 1. The smallest absolute Gasteiger partial charge is 0.112 e. The van der Waals surface area contributed by atoms with E-state index in [9.17, 15) is 0 Å². The van der Waals surface area contributed by atoms with Gasteiger partial charge in [0.1, 0.15) is 5.82 Å². The molecule has 0 fully saturated rings. The van der Waals surface area contributed by atoms with Crippen molar-refractivity contribution in [2.24, 2.45) is 0 Å². The third kappa shape index (κ3) is 5.09. The number of rotatable bonds is 10. The zero-order valence-electron chi connectivity index (χ0n) is 17.0. The molecule has 0 aliphatic rings. The van der Waals surface area contributed by atoms with Crippen molar-refractivity contribution in [1.82, 2.24) is 9.97 Å². The van der Waals surface area contributed by atoms with Gasteiger partial charge in [-0.15, -0.1) is 0 Å².